The number of hydrogen-bond acceptors (Lipinski definition) is 1. The molecule has 2 saturated carbocycles. The number of allylic oxidation sites excluding steroid dienone is 3. The molecule has 2 heteroatoms. The Morgan fingerprint density at radius 2 is 1.87 bits per heavy atom. The summed E-state index contributed by atoms with van der Waals surface area (Å²) in [5.74, 6) is 0.244. The van der Waals surface area contributed by atoms with Gasteiger partial charge in [-0.2, -0.15) is 0 Å². The Balaban J connectivity index is 2.05. The monoisotopic (exact) mass is 316 g/mol. The average Bonchev–Trinajstić information content (AvgIpc) is 2.47. The van der Waals surface area contributed by atoms with Crippen molar-refractivity contribution in [3.8, 4) is 0 Å². The van der Waals surface area contributed by atoms with Gasteiger partial charge in [-0.05, 0) is 75.0 Å². The molecule has 0 bridgehead atoms. The zero-order chi connectivity index (χ0) is 17.0. The largest absolute Gasteiger partial charge is 0.481 e. The van der Waals surface area contributed by atoms with Crippen LogP contribution in [0.25, 0.3) is 0 Å². The van der Waals surface area contributed by atoms with Crippen LogP contribution in [0.2, 0.25) is 0 Å². The van der Waals surface area contributed by atoms with E-state index in [4.69, 9.17) is 0 Å². The number of hydrogen-bond donors (Lipinski definition) is 1. The van der Waals surface area contributed by atoms with Crippen molar-refractivity contribution >= 4 is 5.97 Å². The predicted molar refractivity (Wildman–Crippen MR) is 94.2 cm³/mol. The maximum atomic E-state index is 12.0. The van der Waals surface area contributed by atoms with Gasteiger partial charge in [0.2, 0.25) is 0 Å². The Morgan fingerprint density at radius 1 is 1.17 bits per heavy atom. The summed E-state index contributed by atoms with van der Waals surface area (Å²) in [4.78, 5) is 12.0. The van der Waals surface area contributed by atoms with Crippen molar-refractivity contribution in [2.24, 2.45) is 28.1 Å². The van der Waals surface area contributed by atoms with E-state index in [0.717, 1.165) is 38.5 Å². The lowest BCUT2D eigenvalue weighted by Crippen LogP contribution is -2.54. The van der Waals surface area contributed by atoms with Gasteiger partial charge in [-0.1, -0.05) is 44.1 Å². The molecule has 0 aliphatic heterocycles. The highest BCUT2D eigenvalue weighted by atomic mass is 16.4. The molecule has 0 radical (unpaired) electrons. The molecule has 2 nitrogen and oxygen atoms in total. The molecule has 0 spiro atoms. The molecule has 1 N–H and O–H groups in total. The Labute approximate surface area is 141 Å². The van der Waals surface area contributed by atoms with Crippen LogP contribution in [0.5, 0.6) is 0 Å². The van der Waals surface area contributed by atoms with Crippen molar-refractivity contribution in [3.05, 3.63) is 23.8 Å². The lowest BCUT2D eigenvalue weighted by atomic mass is 9.44. The van der Waals surface area contributed by atoms with Crippen molar-refractivity contribution in [2.45, 2.75) is 72.6 Å². The first kappa shape index (κ1) is 16.8. The van der Waals surface area contributed by atoms with Gasteiger partial charge in [-0.25, -0.2) is 0 Å². The highest BCUT2D eigenvalue weighted by Gasteiger charge is 2.59. The van der Waals surface area contributed by atoms with Crippen LogP contribution in [-0.4, -0.2) is 11.1 Å². The van der Waals surface area contributed by atoms with Gasteiger partial charge >= 0.3 is 5.97 Å². The van der Waals surface area contributed by atoms with E-state index < -0.39 is 11.4 Å². The highest BCUT2D eigenvalue weighted by Crippen LogP contribution is 2.65. The summed E-state index contributed by atoms with van der Waals surface area (Å²) >= 11 is 0. The number of carboxylic acids is 1. The van der Waals surface area contributed by atoms with E-state index in [2.05, 4.69) is 33.4 Å². The van der Waals surface area contributed by atoms with Crippen molar-refractivity contribution in [1.29, 1.82) is 0 Å². The molecular formula is C21H32O2. The first-order chi connectivity index (χ1) is 10.7. The molecule has 5 unspecified atom stereocenters. The van der Waals surface area contributed by atoms with E-state index in [9.17, 15) is 9.90 Å². The molecular weight excluding hydrogens is 284 g/mol. The van der Waals surface area contributed by atoms with E-state index in [1.807, 2.05) is 6.92 Å². The van der Waals surface area contributed by atoms with Crippen molar-refractivity contribution < 1.29 is 9.90 Å². The zero-order valence-corrected chi connectivity index (χ0v) is 15.2. The maximum Gasteiger partial charge on any atom is 0.309 e. The van der Waals surface area contributed by atoms with Gasteiger partial charge in [0, 0.05) is 0 Å². The minimum absolute atomic E-state index is 0.0609. The number of fused-ring (bicyclic) bond motifs is 3. The molecule has 0 aromatic rings. The van der Waals surface area contributed by atoms with Gasteiger partial charge in [0.05, 0.1) is 5.41 Å². The van der Waals surface area contributed by atoms with E-state index in [1.165, 1.54) is 12.0 Å². The molecule has 23 heavy (non-hydrogen) atoms. The van der Waals surface area contributed by atoms with Crippen LogP contribution in [-0.2, 0) is 4.79 Å². The Morgan fingerprint density at radius 3 is 2.48 bits per heavy atom. The molecule has 2 fully saturated rings. The summed E-state index contributed by atoms with van der Waals surface area (Å²) in [6, 6.07) is 0. The van der Waals surface area contributed by atoms with Gasteiger partial charge in [-0.15, -0.1) is 0 Å². The van der Waals surface area contributed by atoms with Crippen molar-refractivity contribution in [1.82, 2.24) is 0 Å². The van der Waals surface area contributed by atoms with Crippen LogP contribution in [0.15, 0.2) is 23.8 Å². The highest BCUT2D eigenvalue weighted by molar-refractivity contribution is 5.75. The maximum absolute atomic E-state index is 12.0. The van der Waals surface area contributed by atoms with Gasteiger partial charge in [-0.3, -0.25) is 4.79 Å². The second-order valence-electron chi connectivity index (χ2n) is 9.07. The fourth-order valence-corrected chi connectivity index (χ4v) is 6.25. The lowest BCUT2D eigenvalue weighted by molar-refractivity contribution is -0.161. The fraction of sp³-hybridized carbons (Fsp3) is 0.762. The molecule has 3 aliphatic carbocycles. The van der Waals surface area contributed by atoms with Crippen molar-refractivity contribution in [2.75, 3.05) is 0 Å². The summed E-state index contributed by atoms with van der Waals surface area (Å²) in [5.41, 5.74) is 2.56. The van der Waals surface area contributed by atoms with Gasteiger partial charge in [0.15, 0.2) is 0 Å². The molecule has 0 heterocycles. The van der Waals surface area contributed by atoms with E-state index in [-0.39, 0.29) is 16.7 Å². The molecule has 0 aromatic heterocycles. The smallest absolute Gasteiger partial charge is 0.309 e. The van der Waals surface area contributed by atoms with Gasteiger partial charge < -0.3 is 5.11 Å². The summed E-state index contributed by atoms with van der Waals surface area (Å²) in [7, 11) is 0. The standard InChI is InChI=1S/C21H32O2/c1-14(2)19(3)11-6-8-15-16(19)9-10-17-20(15,4)12-7-13-21(17,5)18(22)23/h8,16-17H,1,6-7,9-13H2,2-5H3,(H,22,23). The molecule has 3 rings (SSSR count). The van der Waals surface area contributed by atoms with Crippen LogP contribution >= 0.6 is 0 Å². The number of rotatable bonds is 2. The molecule has 0 saturated heterocycles. The quantitative estimate of drug-likeness (QED) is 0.674. The van der Waals surface area contributed by atoms with Crippen LogP contribution in [0, 0.1) is 28.1 Å². The second-order valence-corrected chi connectivity index (χ2v) is 9.07. The molecule has 128 valence electrons. The third kappa shape index (κ3) is 2.16. The minimum atomic E-state index is -0.592. The summed E-state index contributed by atoms with van der Waals surface area (Å²) in [6.07, 6.45) is 9.95. The number of aliphatic carboxylic acids is 1. The molecule has 0 amide bonds. The van der Waals surface area contributed by atoms with E-state index in [1.54, 1.807) is 5.57 Å². The van der Waals surface area contributed by atoms with E-state index in [0.29, 0.717) is 5.92 Å². The Bertz CT molecular complexity index is 574. The summed E-state index contributed by atoms with van der Waals surface area (Å²) < 4.78 is 0. The van der Waals surface area contributed by atoms with E-state index >= 15 is 0 Å². The number of carboxylic acid groups (broad SMARTS) is 1. The Kier molecular flexibility index (Phi) is 3.82. The number of carbonyl (C=O) groups is 1. The third-order valence-electron chi connectivity index (χ3n) is 7.97. The average molecular weight is 316 g/mol. The Hall–Kier alpha value is -1.05. The van der Waals surface area contributed by atoms with Crippen LogP contribution in [0.3, 0.4) is 0 Å². The van der Waals surface area contributed by atoms with Crippen LogP contribution in [0.4, 0.5) is 0 Å². The summed E-state index contributed by atoms with van der Waals surface area (Å²) in [6.45, 7) is 13.2. The van der Waals surface area contributed by atoms with Crippen LogP contribution in [0.1, 0.15) is 72.6 Å². The molecule has 3 aliphatic rings. The topological polar surface area (TPSA) is 37.3 Å². The first-order valence-corrected chi connectivity index (χ1v) is 9.26. The summed E-state index contributed by atoms with van der Waals surface area (Å²) in [5, 5.41) is 9.90. The third-order valence-corrected chi connectivity index (χ3v) is 7.97. The lowest BCUT2D eigenvalue weighted by Gasteiger charge is -2.60. The zero-order valence-electron chi connectivity index (χ0n) is 15.2. The normalized spacial score (nSPS) is 46.3. The first-order valence-electron chi connectivity index (χ1n) is 9.26. The predicted octanol–water partition coefficient (Wildman–Crippen LogP) is 5.60. The minimum Gasteiger partial charge on any atom is -0.481 e. The molecule has 5 atom stereocenters. The van der Waals surface area contributed by atoms with Gasteiger partial charge in [0.1, 0.15) is 0 Å². The van der Waals surface area contributed by atoms with Gasteiger partial charge in [0.25, 0.3) is 0 Å². The fourth-order valence-electron chi connectivity index (χ4n) is 6.25. The second kappa shape index (κ2) is 5.22. The van der Waals surface area contributed by atoms with Crippen molar-refractivity contribution in [3.63, 3.8) is 0 Å². The van der Waals surface area contributed by atoms with Crippen LogP contribution < -0.4 is 0 Å². The SMILES string of the molecule is C=C(C)C1(C)CCC=C2C1CCC1C(C)(C(=O)O)CCCC21C. The molecule has 0 aromatic carbocycles.